The molecule has 4 nitrogen and oxygen atoms in total. The Morgan fingerprint density at radius 2 is 2.00 bits per heavy atom. The minimum atomic E-state index is -1.33. The minimum Gasteiger partial charge on any atom is -0.377 e. The Hall–Kier alpha value is -1.23. The molecule has 1 aromatic rings. The lowest BCUT2D eigenvalue weighted by molar-refractivity contribution is -0.146. The van der Waals surface area contributed by atoms with Crippen LogP contribution in [0.1, 0.15) is 38.2 Å². The first-order valence-corrected chi connectivity index (χ1v) is 8.87. The van der Waals surface area contributed by atoms with Gasteiger partial charge in [0.15, 0.2) is 11.4 Å². The van der Waals surface area contributed by atoms with Crippen molar-refractivity contribution in [3.05, 3.63) is 35.9 Å². The lowest BCUT2D eigenvalue weighted by Crippen LogP contribution is -2.54. The lowest BCUT2D eigenvalue weighted by atomic mass is 9.77. The number of hydrogen-bond acceptors (Lipinski definition) is 4. The van der Waals surface area contributed by atoms with Gasteiger partial charge in [-0.25, -0.2) is 0 Å². The largest absolute Gasteiger partial charge is 0.377 e. The van der Waals surface area contributed by atoms with E-state index in [9.17, 15) is 9.90 Å². The van der Waals surface area contributed by atoms with E-state index < -0.39 is 5.60 Å². The fourth-order valence-corrected chi connectivity index (χ4v) is 4.14. The molecule has 0 aromatic heterocycles. The summed E-state index contributed by atoms with van der Waals surface area (Å²) in [6.45, 7) is 5.11. The van der Waals surface area contributed by atoms with Crippen LogP contribution in [0.3, 0.4) is 0 Å². The number of aliphatic hydroxyl groups is 1. The maximum absolute atomic E-state index is 13.1. The zero-order chi connectivity index (χ0) is 16.3. The molecule has 1 aliphatic carbocycles. The van der Waals surface area contributed by atoms with Crippen molar-refractivity contribution in [2.45, 2.75) is 44.2 Å². The Morgan fingerprint density at radius 3 is 2.65 bits per heavy atom. The topological polar surface area (TPSA) is 52.6 Å². The van der Waals surface area contributed by atoms with E-state index in [4.69, 9.17) is 0 Å². The second-order valence-electron chi connectivity index (χ2n) is 7.13. The monoisotopic (exact) mass is 316 g/mol. The molecule has 0 bridgehead atoms. The van der Waals surface area contributed by atoms with Crippen molar-refractivity contribution in [3.8, 4) is 0 Å². The van der Waals surface area contributed by atoms with Crippen molar-refractivity contribution < 1.29 is 9.90 Å². The molecule has 2 fully saturated rings. The van der Waals surface area contributed by atoms with Crippen LogP contribution < -0.4 is 5.32 Å². The number of piperazine rings is 1. The Morgan fingerprint density at radius 1 is 1.30 bits per heavy atom. The van der Waals surface area contributed by atoms with Gasteiger partial charge in [-0.05, 0) is 31.2 Å². The molecule has 1 saturated carbocycles. The third kappa shape index (κ3) is 3.49. The molecule has 2 atom stereocenters. The first-order valence-electron chi connectivity index (χ1n) is 8.87. The molecule has 3 rings (SSSR count). The van der Waals surface area contributed by atoms with Gasteiger partial charge < -0.3 is 10.4 Å². The number of Topliss-reactive ketones (excluding diaryl/α,β-unsaturated/α-hetero) is 1. The van der Waals surface area contributed by atoms with Crippen molar-refractivity contribution in [1.82, 2.24) is 10.2 Å². The predicted molar refractivity (Wildman–Crippen MR) is 91.2 cm³/mol. The fraction of sp³-hybridized carbons (Fsp3) is 0.632. The van der Waals surface area contributed by atoms with Crippen molar-refractivity contribution in [3.63, 3.8) is 0 Å². The highest BCUT2D eigenvalue weighted by Crippen LogP contribution is 2.41. The second kappa shape index (κ2) is 7.12. The standard InChI is InChI=1S/C19H28N2O2/c1-15-13-21(12-11-20-15)14-18(22)19(23,17-9-5-6-10-17)16-7-3-2-4-8-16/h2-4,7-8,15,17,20,23H,5-6,9-14H2,1H3. The first kappa shape index (κ1) is 16.6. The van der Waals surface area contributed by atoms with Crippen LogP contribution in [0, 0.1) is 5.92 Å². The van der Waals surface area contributed by atoms with E-state index in [1.165, 1.54) is 0 Å². The van der Waals surface area contributed by atoms with Crippen molar-refractivity contribution >= 4 is 5.78 Å². The van der Waals surface area contributed by atoms with Crippen molar-refractivity contribution in [2.75, 3.05) is 26.2 Å². The number of ketones is 1. The van der Waals surface area contributed by atoms with Gasteiger partial charge in [-0.3, -0.25) is 9.69 Å². The summed E-state index contributed by atoms with van der Waals surface area (Å²) >= 11 is 0. The molecule has 4 heteroatoms. The smallest absolute Gasteiger partial charge is 0.183 e. The summed E-state index contributed by atoms with van der Waals surface area (Å²) in [5.74, 6) is 0.0161. The number of carbonyl (C=O) groups excluding carboxylic acids is 1. The van der Waals surface area contributed by atoms with E-state index in [0.29, 0.717) is 12.6 Å². The summed E-state index contributed by atoms with van der Waals surface area (Å²) in [7, 11) is 0. The molecule has 1 saturated heterocycles. The minimum absolute atomic E-state index is 0.0373. The second-order valence-corrected chi connectivity index (χ2v) is 7.13. The SMILES string of the molecule is CC1CN(CC(=O)C(O)(c2ccccc2)C2CCCC2)CCN1. The number of nitrogens with zero attached hydrogens (tertiary/aromatic N) is 1. The molecule has 2 N–H and O–H groups in total. The molecule has 23 heavy (non-hydrogen) atoms. The third-order valence-corrected chi connectivity index (χ3v) is 5.41. The van der Waals surface area contributed by atoms with Gasteiger partial charge in [-0.15, -0.1) is 0 Å². The summed E-state index contributed by atoms with van der Waals surface area (Å²) in [4.78, 5) is 15.3. The van der Waals surface area contributed by atoms with Gasteiger partial charge in [-0.2, -0.15) is 0 Å². The molecule has 1 heterocycles. The van der Waals surface area contributed by atoms with Gasteiger partial charge in [0.25, 0.3) is 0 Å². The van der Waals surface area contributed by atoms with Gasteiger partial charge in [-0.1, -0.05) is 43.2 Å². The lowest BCUT2D eigenvalue weighted by Gasteiger charge is -2.37. The molecular formula is C19H28N2O2. The van der Waals surface area contributed by atoms with E-state index in [0.717, 1.165) is 50.9 Å². The Bertz CT molecular complexity index is 527. The average molecular weight is 316 g/mol. The maximum Gasteiger partial charge on any atom is 0.183 e. The van der Waals surface area contributed by atoms with Crippen LogP contribution in [0.2, 0.25) is 0 Å². The average Bonchev–Trinajstić information content (AvgIpc) is 3.10. The maximum atomic E-state index is 13.1. The van der Waals surface area contributed by atoms with E-state index in [1.54, 1.807) is 0 Å². The van der Waals surface area contributed by atoms with Crippen LogP contribution in [-0.4, -0.2) is 48.0 Å². The molecule has 2 unspecified atom stereocenters. The van der Waals surface area contributed by atoms with Gasteiger partial charge in [0, 0.05) is 25.7 Å². The highest BCUT2D eigenvalue weighted by molar-refractivity contribution is 5.90. The number of benzene rings is 1. The number of nitrogens with one attached hydrogen (secondary N) is 1. The van der Waals surface area contributed by atoms with Crippen LogP contribution in [-0.2, 0) is 10.4 Å². The number of carbonyl (C=O) groups is 1. The van der Waals surface area contributed by atoms with E-state index in [1.807, 2.05) is 30.3 Å². The first-order chi connectivity index (χ1) is 11.1. The molecule has 2 aliphatic rings. The quantitative estimate of drug-likeness (QED) is 0.871. The summed E-state index contributed by atoms with van der Waals surface area (Å²) in [6.07, 6.45) is 4.10. The van der Waals surface area contributed by atoms with E-state index in [-0.39, 0.29) is 11.7 Å². The van der Waals surface area contributed by atoms with Crippen LogP contribution in [0.25, 0.3) is 0 Å². The Kier molecular flexibility index (Phi) is 5.14. The van der Waals surface area contributed by atoms with Crippen LogP contribution >= 0.6 is 0 Å². The van der Waals surface area contributed by atoms with Crippen molar-refractivity contribution in [2.24, 2.45) is 5.92 Å². The normalized spacial score (nSPS) is 26.1. The van der Waals surface area contributed by atoms with Crippen LogP contribution in [0.4, 0.5) is 0 Å². The molecule has 1 aromatic carbocycles. The zero-order valence-electron chi connectivity index (χ0n) is 14.0. The van der Waals surface area contributed by atoms with Gasteiger partial charge >= 0.3 is 0 Å². The molecule has 0 amide bonds. The molecule has 0 spiro atoms. The van der Waals surface area contributed by atoms with Crippen LogP contribution in [0.5, 0.6) is 0 Å². The summed E-state index contributed by atoms with van der Waals surface area (Å²) < 4.78 is 0. The Balaban J connectivity index is 1.81. The fourth-order valence-electron chi connectivity index (χ4n) is 4.14. The summed E-state index contributed by atoms with van der Waals surface area (Å²) in [6, 6.07) is 9.95. The molecule has 126 valence electrons. The number of hydrogen-bond donors (Lipinski definition) is 2. The predicted octanol–water partition coefficient (Wildman–Crippen LogP) is 1.93. The Labute approximate surface area is 138 Å². The van der Waals surface area contributed by atoms with Gasteiger partial charge in [0.1, 0.15) is 0 Å². The van der Waals surface area contributed by atoms with Gasteiger partial charge in [0.2, 0.25) is 0 Å². The highest BCUT2D eigenvalue weighted by atomic mass is 16.3. The van der Waals surface area contributed by atoms with E-state index >= 15 is 0 Å². The highest BCUT2D eigenvalue weighted by Gasteiger charge is 2.46. The molecular weight excluding hydrogens is 288 g/mol. The van der Waals surface area contributed by atoms with Crippen LogP contribution in [0.15, 0.2) is 30.3 Å². The van der Waals surface area contributed by atoms with Gasteiger partial charge in [0.05, 0.1) is 6.54 Å². The van der Waals surface area contributed by atoms with E-state index in [2.05, 4.69) is 17.1 Å². The summed E-state index contributed by atoms with van der Waals surface area (Å²) in [5.41, 5.74) is -0.564. The number of rotatable bonds is 5. The third-order valence-electron chi connectivity index (χ3n) is 5.41. The zero-order valence-corrected chi connectivity index (χ0v) is 14.0. The summed E-state index contributed by atoms with van der Waals surface area (Å²) in [5, 5.41) is 14.9. The van der Waals surface area contributed by atoms with Crippen molar-refractivity contribution in [1.29, 1.82) is 0 Å². The molecule has 0 radical (unpaired) electrons. The molecule has 1 aliphatic heterocycles.